The molecule has 11 heavy (non-hydrogen) atoms. The largest absolute Gasteiger partial charge is 0.245 e. The molecule has 2 atom stereocenters. The fourth-order valence-corrected chi connectivity index (χ4v) is 2.61. The number of hydrogen-bond donors (Lipinski definition) is 0. The zero-order chi connectivity index (χ0) is 7.84. The van der Waals surface area contributed by atoms with Gasteiger partial charge in [0.25, 0.3) is 0 Å². The molecule has 2 fully saturated rings. The maximum Gasteiger partial charge on any atom is 0.0283 e. The Hall–Kier alpha value is -0.0800. The zero-order valence-electron chi connectivity index (χ0n) is 7.58. The minimum Gasteiger partial charge on any atom is -0.245 e. The van der Waals surface area contributed by atoms with E-state index in [9.17, 15) is 0 Å². The highest BCUT2D eigenvalue weighted by molar-refractivity contribution is 4.87. The molecule has 1 heterocycles. The van der Waals surface area contributed by atoms with Crippen LogP contribution in [0.1, 0.15) is 25.7 Å². The third-order valence-electron chi connectivity index (χ3n) is 3.39. The standard InChI is InChI=1S/C9H18N2/c1-10-7-8-5-3-4-6-9(8)11(10)2/h8-9H,3-7H2,1-2H3. The molecule has 2 rings (SSSR count). The average molecular weight is 154 g/mol. The summed E-state index contributed by atoms with van der Waals surface area (Å²) in [4.78, 5) is 0. The average Bonchev–Trinajstić information content (AvgIpc) is 2.30. The molecule has 1 aliphatic carbocycles. The lowest BCUT2D eigenvalue weighted by Crippen LogP contribution is -2.36. The maximum absolute atomic E-state index is 2.43. The molecule has 1 aliphatic heterocycles. The van der Waals surface area contributed by atoms with Crippen LogP contribution in [0.5, 0.6) is 0 Å². The van der Waals surface area contributed by atoms with E-state index >= 15 is 0 Å². The molecule has 1 saturated heterocycles. The molecule has 0 radical (unpaired) electrons. The number of nitrogens with zero attached hydrogens (tertiary/aromatic N) is 2. The van der Waals surface area contributed by atoms with E-state index in [0.717, 1.165) is 12.0 Å². The molecule has 0 bridgehead atoms. The molecule has 2 heteroatoms. The summed E-state index contributed by atoms with van der Waals surface area (Å²) in [5.74, 6) is 0.971. The molecular weight excluding hydrogens is 136 g/mol. The minimum absolute atomic E-state index is 0.869. The van der Waals surface area contributed by atoms with Crippen LogP contribution in [0.15, 0.2) is 0 Å². The number of hydrogen-bond acceptors (Lipinski definition) is 2. The Morgan fingerprint density at radius 1 is 1.09 bits per heavy atom. The molecule has 0 N–H and O–H groups in total. The Balaban J connectivity index is 2.05. The van der Waals surface area contributed by atoms with Gasteiger partial charge in [0.2, 0.25) is 0 Å². The van der Waals surface area contributed by atoms with E-state index in [0.29, 0.717) is 0 Å². The van der Waals surface area contributed by atoms with E-state index in [1.54, 1.807) is 0 Å². The van der Waals surface area contributed by atoms with Gasteiger partial charge in [-0.05, 0) is 18.8 Å². The van der Waals surface area contributed by atoms with E-state index in [4.69, 9.17) is 0 Å². The topological polar surface area (TPSA) is 6.48 Å². The fourth-order valence-electron chi connectivity index (χ4n) is 2.61. The molecule has 0 spiro atoms. The highest BCUT2D eigenvalue weighted by Crippen LogP contribution is 2.33. The van der Waals surface area contributed by atoms with Gasteiger partial charge in [0.05, 0.1) is 0 Å². The van der Waals surface area contributed by atoms with E-state index in [-0.39, 0.29) is 0 Å². The Morgan fingerprint density at radius 2 is 1.82 bits per heavy atom. The third kappa shape index (κ3) is 1.18. The Morgan fingerprint density at radius 3 is 2.55 bits per heavy atom. The van der Waals surface area contributed by atoms with Crippen molar-refractivity contribution < 1.29 is 0 Å². The lowest BCUT2D eigenvalue weighted by Gasteiger charge is -2.29. The van der Waals surface area contributed by atoms with Crippen molar-refractivity contribution in [1.82, 2.24) is 10.0 Å². The summed E-state index contributed by atoms with van der Waals surface area (Å²) >= 11 is 0. The molecule has 2 aliphatic rings. The number of rotatable bonds is 0. The van der Waals surface area contributed by atoms with Gasteiger partial charge in [-0.25, -0.2) is 10.0 Å². The number of hydrazine groups is 1. The van der Waals surface area contributed by atoms with Crippen LogP contribution in [-0.2, 0) is 0 Å². The summed E-state index contributed by atoms with van der Waals surface area (Å²) in [5, 5.41) is 4.81. The van der Waals surface area contributed by atoms with Gasteiger partial charge in [-0.1, -0.05) is 12.8 Å². The first-order valence-corrected chi connectivity index (χ1v) is 4.73. The van der Waals surface area contributed by atoms with Crippen molar-refractivity contribution in [2.45, 2.75) is 31.7 Å². The van der Waals surface area contributed by atoms with Gasteiger partial charge in [-0.3, -0.25) is 0 Å². The minimum atomic E-state index is 0.869. The SMILES string of the molecule is CN1CC2CCCCC2N1C. The highest BCUT2D eigenvalue weighted by Gasteiger charge is 2.36. The van der Waals surface area contributed by atoms with Gasteiger partial charge < -0.3 is 0 Å². The second-order valence-corrected chi connectivity index (χ2v) is 4.03. The van der Waals surface area contributed by atoms with Crippen LogP contribution in [0.25, 0.3) is 0 Å². The maximum atomic E-state index is 2.43. The summed E-state index contributed by atoms with van der Waals surface area (Å²) < 4.78 is 0. The van der Waals surface area contributed by atoms with Crippen molar-refractivity contribution in [2.75, 3.05) is 20.6 Å². The van der Waals surface area contributed by atoms with Crippen LogP contribution < -0.4 is 0 Å². The summed E-state index contributed by atoms with van der Waals surface area (Å²) in [6.45, 7) is 1.29. The van der Waals surface area contributed by atoms with Crippen molar-refractivity contribution in [3.63, 3.8) is 0 Å². The monoisotopic (exact) mass is 154 g/mol. The molecule has 0 aromatic heterocycles. The second kappa shape index (κ2) is 2.76. The van der Waals surface area contributed by atoms with Gasteiger partial charge in [-0.15, -0.1) is 0 Å². The van der Waals surface area contributed by atoms with Gasteiger partial charge >= 0.3 is 0 Å². The van der Waals surface area contributed by atoms with Gasteiger partial charge in [0, 0.05) is 26.7 Å². The third-order valence-corrected chi connectivity index (χ3v) is 3.39. The van der Waals surface area contributed by atoms with Crippen LogP contribution >= 0.6 is 0 Å². The smallest absolute Gasteiger partial charge is 0.0283 e. The molecule has 2 nitrogen and oxygen atoms in total. The lowest BCUT2D eigenvalue weighted by molar-refractivity contribution is 0.0447. The van der Waals surface area contributed by atoms with E-state index in [1.165, 1.54) is 32.2 Å². The van der Waals surface area contributed by atoms with Crippen molar-refractivity contribution in [3.05, 3.63) is 0 Å². The van der Waals surface area contributed by atoms with Crippen LogP contribution in [0.3, 0.4) is 0 Å². The zero-order valence-corrected chi connectivity index (χ0v) is 7.58. The Kier molecular flexibility index (Phi) is 1.90. The predicted octanol–water partition coefficient (Wildman–Crippen LogP) is 1.34. The number of fused-ring (bicyclic) bond motifs is 1. The molecule has 0 aromatic carbocycles. The van der Waals surface area contributed by atoms with Crippen LogP contribution in [0, 0.1) is 5.92 Å². The second-order valence-electron chi connectivity index (χ2n) is 4.03. The normalized spacial score (nSPS) is 40.9. The van der Waals surface area contributed by atoms with Gasteiger partial charge in [0.1, 0.15) is 0 Å². The molecule has 64 valence electrons. The quantitative estimate of drug-likeness (QED) is 0.519. The van der Waals surface area contributed by atoms with Crippen molar-refractivity contribution in [2.24, 2.45) is 5.92 Å². The fraction of sp³-hybridized carbons (Fsp3) is 1.00. The Bertz CT molecular complexity index is 146. The van der Waals surface area contributed by atoms with Gasteiger partial charge in [-0.2, -0.15) is 0 Å². The molecule has 0 aromatic rings. The van der Waals surface area contributed by atoms with Gasteiger partial charge in [0.15, 0.2) is 0 Å². The predicted molar refractivity (Wildman–Crippen MR) is 46.1 cm³/mol. The summed E-state index contributed by atoms with van der Waals surface area (Å²) in [7, 11) is 4.44. The van der Waals surface area contributed by atoms with Crippen molar-refractivity contribution in [1.29, 1.82) is 0 Å². The van der Waals surface area contributed by atoms with Crippen LogP contribution in [0.2, 0.25) is 0 Å². The van der Waals surface area contributed by atoms with Crippen LogP contribution in [-0.4, -0.2) is 36.7 Å². The lowest BCUT2D eigenvalue weighted by atomic mass is 9.86. The molecular formula is C9H18N2. The summed E-state index contributed by atoms with van der Waals surface area (Å²) in [6.07, 6.45) is 5.78. The van der Waals surface area contributed by atoms with E-state index in [1.807, 2.05) is 0 Å². The van der Waals surface area contributed by atoms with Crippen molar-refractivity contribution >= 4 is 0 Å². The van der Waals surface area contributed by atoms with Crippen LogP contribution in [0.4, 0.5) is 0 Å². The molecule has 1 saturated carbocycles. The first-order valence-electron chi connectivity index (χ1n) is 4.73. The first kappa shape index (κ1) is 7.56. The summed E-state index contributed by atoms with van der Waals surface area (Å²) in [5.41, 5.74) is 0. The first-order chi connectivity index (χ1) is 5.29. The molecule has 0 amide bonds. The Labute approximate surface area is 69.1 Å². The molecule has 2 unspecified atom stereocenters. The van der Waals surface area contributed by atoms with E-state index < -0.39 is 0 Å². The van der Waals surface area contributed by atoms with E-state index in [2.05, 4.69) is 24.1 Å². The summed E-state index contributed by atoms with van der Waals surface area (Å²) in [6, 6.07) is 0.869. The van der Waals surface area contributed by atoms with Crippen molar-refractivity contribution in [3.8, 4) is 0 Å². The highest BCUT2D eigenvalue weighted by atomic mass is 15.6.